The Kier molecular flexibility index (Phi) is 4.84. The molecule has 8 heteroatoms. The van der Waals surface area contributed by atoms with Crippen molar-refractivity contribution in [2.75, 3.05) is 0 Å². The molecule has 1 unspecified atom stereocenters. The van der Waals surface area contributed by atoms with E-state index in [9.17, 15) is 22.8 Å². The first kappa shape index (κ1) is 17.9. The van der Waals surface area contributed by atoms with Gasteiger partial charge in [0, 0.05) is 18.0 Å². The number of aromatic nitrogens is 1. The topological polar surface area (TPSA) is 68.3 Å². The third-order valence-electron chi connectivity index (χ3n) is 2.68. The zero-order valence-electron chi connectivity index (χ0n) is 12.6. The lowest BCUT2D eigenvalue weighted by atomic mass is 9.91. The SMILES string of the molecule is CC(C)(C)OC(=O)NC(C)(C=O)c1cnccc1C(F)(F)F. The van der Waals surface area contributed by atoms with Crippen LogP contribution in [0.3, 0.4) is 0 Å². The second-order valence-corrected chi connectivity index (χ2v) is 5.87. The average molecular weight is 318 g/mol. The molecular weight excluding hydrogens is 301 g/mol. The van der Waals surface area contributed by atoms with Crippen molar-refractivity contribution in [1.82, 2.24) is 10.3 Å². The number of amides is 1. The third kappa shape index (κ3) is 4.44. The zero-order chi connectivity index (χ0) is 17.2. The standard InChI is InChI=1S/C14H17F3N2O3/c1-12(2,3)22-11(21)19-13(4,8-20)10-7-18-6-5-9(10)14(15,16)17/h5-8H,1-4H3,(H,19,21). The van der Waals surface area contributed by atoms with Crippen LogP contribution in [0.1, 0.15) is 38.8 Å². The number of carbonyl (C=O) groups is 2. The van der Waals surface area contributed by atoms with E-state index in [1.807, 2.05) is 0 Å². The fourth-order valence-electron chi connectivity index (χ4n) is 1.73. The van der Waals surface area contributed by atoms with Gasteiger partial charge in [-0.25, -0.2) is 4.79 Å². The van der Waals surface area contributed by atoms with Crippen LogP contribution in [0.4, 0.5) is 18.0 Å². The Balaban J connectivity index is 3.20. The lowest BCUT2D eigenvalue weighted by Crippen LogP contribution is -2.48. The third-order valence-corrected chi connectivity index (χ3v) is 2.68. The molecule has 122 valence electrons. The van der Waals surface area contributed by atoms with Crippen molar-refractivity contribution in [3.63, 3.8) is 0 Å². The minimum Gasteiger partial charge on any atom is -0.444 e. The van der Waals surface area contributed by atoms with Crippen molar-refractivity contribution in [3.8, 4) is 0 Å². The highest BCUT2D eigenvalue weighted by atomic mass is 19.4. The van der Waals surface area contributed by atoms with Crippen LogP contribution in [-0.2, 0) is 21.2 Å². The predicted molar refractivity (Wildman–Crippen MR) is 72.0 cm³/mol. The number of pyridine rings is 1. The summed E-state index contributed by atoms with van der Waals surface area (Å²) < 4.78 is 44.1. The number of nitrogens with zero attached hydrogens (tertiary/aromatic N) is 1. The van der Waals surface area contributed by atoms with Crippen LogP contribution >= 0.6 is 0 Å². The Bertz CT molecular complexity index is 567. The maximum absolute atomic E-state index is 13.0. The van der Waals surface area contributed by atoms with E-state index >= 15 is 0 Å². The quantitative estimate of drug-likeness (QED) is 0.870. The van der Waals surface area contributed by atoms with E-state index in [-0.39, 0.29) is 6.29 Å². The molecule has 1 rings (SSSR count). The first-order chi connectivity index (χ1) is 9.89. The minimum absolute atomic E-state index is 0.211. The average Bonchev–Trinajstić information content (AvgIpc) is 2.35. The van der Waals surface area contributed by atoms with Gasteiger partial charge in [-0.15, -0.1) is 0 Å². The molecule has 5 nitrogen and oxygen atoms in total. The molecular formula is C14H17F3N2O3. The number of hydrogen-bond donors (Lipinski definition) is 1. The maximum atomic E-state index is 13.0. The number of alkyl carbamates (subject to hydrolysis) is 1. The van der Waals surface area contributed by atoms with E-state index < -0.39 is 34.5 Å². The number of rotatable bonds is 3. The van der Waals surface area contributed by atoms with Crippen molar-refractivity contribution >= 4 is 12.4 Å². The summed E-state index contributed by atoms with van der Waals surface area (Å²) in [6.45, 7) is 5.93. The molecule has 0 aliphatic carbocycles. The van der Waals surface area contributed by atoms with Crippen molar-refractivity contribution in [3.05, 3.63) is 29.6 Å². The maximum Gasteiger partial charge on any atom is 0.416 e. The van der Waals surface area contributed by atoms with Gasteiger partial charge in [-0.1, -0.05) is 0 Å². The molecule has 0 radical (unpaired) electrons. The van der Waals surface area contributed by atoms with Gasteiger partial charge in [-0.05, 0) is 33.8 Å². The molecule has 1 amide bonds. The molecule has 1 heterocycles. The molecule has 0 saturated heterocycles. The first-order valence-electron chi connectivity index (χ1n) is 6.38. The predicted octanol–water partition coefficient (Wildman–Crippen LogP) is 3.04. The van der Waals surface area contributed by atoms with E-state index in [1.165, 1.54) is 0 Å². The molecule has 0 bridgehead atoms. The fourth-order valence-corrected chi connectivity index (χ4v) is 1.73. The Morgan fingerprint density at radius 3 is 2.27 bits per heavy atom. The molecule has 0 fully saturated rings. The summed E-state index contributed by atoms with van der Waals surface area (Å²) in [6, 6.07) is 0.744. The minimum atomic E-state index is -4.68. The highest BCUT2D eigenvalue weighted by Crippen LogP contribution is 2.35. The molecule has 22 heavy (non-hydrogen) atoms. The Morgan fingerprint density at radius 2 is 1.82 bits per heavy atom. The fraction of sp³-hybridized carbons (Fsp3) is 0.500. The number of ether oxygens (including phenoxy) is 1. The van der Waals surface area contributed by atoms with E-state index in [2.05, 4.69) is 10.3 Å². The molecule has 0 spiro atoms. The molecule has 0 aliphatic rings. The highest BCUT2D eigenvalue weighted by Gasteiger charge is 2.41. The Hall–Kier alpha value is -2.12. The summed E-state index contributed by atoms with van der Waals surface area (Å²) in [4.78, 5) is 26.7. The number of alkyl halides is 3. The van der Waals surface area contributed by atoms with Crippen LogP contribution in [0, 0.1) is 0 Å². The van der Waals surface area contributed by atoms with Crippen LogP contribution in [0.2, 0.25) is 0 Å². The van der Waals surface area contributed by atoms with Gasteiger partial charge in [0.1, 0.15) is 17.4 Å². The smallest absolute Gasteiger partial charge is 0.416 e. The van der Waals surface area contributed by atoms with Crippen molar-refractivity contribution < 1.29 is 27.5 Å². The Morgan fingerprint density at radius 1 is 1.23 bits per heavy atom. The molecule has 1 N–H and O–H groups in total. The molecule has 1 aromatic rings. The van der Waals surface area contributed by atoms with Gasteiger partial charge in [-0.3, -0.25) is 4.98 Å². The van der Waals surface area contributed by atoms with Gasteiger partial charge in [0.2, 0.25) is 0 Å². The monoisotopic (exact) mass is 318 g/mol. The summed E-state index contributed by atoms with van der Waals surface area (Å²) in [6.07, 6.45) is -3.61. The normalized spacial score (nSPS) is 14.9. The van der Waals surface area contributed by atoms with Gasteiger partial charge in [0.25, 0.3) is 0 Å². The number of nitrogens with one attached hydrogen (secondary N) is 1. The lowest BCUT2D eigenvalue weighted by Gasteiger charge is -2.29. The molecule has 1 atom stereocenters. The molecule has 1 aromatic heterocycles. The summed E-state index contributed by atoms with van der Waals surface area (Å²) in [5.41, 5.74) is -4.27. The van der Waals surface area contributed by atoms with Crippen LogP contribution in [0.5, 0.6) is 0 Å². The van der Waals surface area contributed by atoms with Crippen LogP contribution in [0.25, 0.3) is 0 Å². The van der Waals surface area contributed by atoms with Gasteiger partial charge in [-0.2, -0.15) is 13.2 Å². The molecule has 0 aliphatic heterocycles. The van der Waals surface area contributed by atoms with E-state index in [0.717, 1.165) is 25.4 Å². The second-order valence-electron chi connectivity index (χ2n) is 5.87. The van der Waals surface area contributed by atoms with E-state index in [1.54, 1.807) is 20.8 Å². The number of hydrogen-bond acceptors (Lipinski definition) is 4. The van der Waals surface area contributed by atoms with Crippen molar-refractivity contribution in [2.45, 2.75) is 45.0 Å². The summed E-state index contributed by atoms with van der Waals surface area (Å²) >= 11 is 0. The van der Waals surface area contributed by atoms with Gasteiger partial charge < -0.3 is 14.8 Å². The van der Waals surface area contributed by atoms with Crippen LogP contribution in [-0.4, -0.2) is 23.0 Å². The summed E-state index contributed by atoms with van der Waals surface area (Å²) in [5.74, 6) is 0. The lowest BCUT2D eigenvalue weighted by molar-refractivity contribution is -0.139. The second kappa shape index (κ2) is 5.94. The summed E-state index contributed by atoms with van der Waals surface area (Å²) in [5, 5.41) is 2.16. The first-order valence-corrected chi connectivity index (χ1v) is 6.38. The Labute approximate surface area is 125 Å². The van der Waals surface area contributed by atoms with Gasteiger partial charge in [0.15, 0.2) is 0 Å². The van der Waals surface area contributed by atoms with E-state index in [0.29, 0.717) is 0 Å². The van der Waals surface area contributed by atoms with Gasteiger partial charge >= 0.3 is 12.3 Å². The van der Waals surface area contributed by atoms with Crippen molar-refractivity contribution in [1.29, 1.82) is 0 Å². The number of carbonyl (C=O) groups excluding carboxylic acids is 2. The molecule has 0 aromatic carbocycles. The molecule has 0 saturated carbocycles. The van der Waals surface area contributed by atoms with Crippen LogP contribution < -0.4 is 5.32 Å². The van der Waals surface area contributed by atoms with Crippen molar-refractivity contribution in [2.24, 2.45) is 0 Å². The highest BCUT2D eigenvalue weighted by molar-refractivity contribution is 5.78. The number of halogens is 3. The van der Waals surface area contributed by atoms with Crippen LogP contribution in [0.15, 0.2) is 18.5 Å². The zero-order valence-corrected chi connectivity index (χ0v) is 12.6. The largest absolute Gasteiger partial charge is 0.444 e. The number of aldehydes is 1. The van der Waals surface area contributed by atoms with E-state index in [4.69, 9.17) is 4.74 Å². The summed E-state index contributed by atoms with van der Waals surface area (Å²) in [7, 11) is 0. The van der Waals surface area contributed by atoms with Gasteiger partial charge in [0.05, 0.1) is 5.56 Å².